The molecule has 4 rings (SSSR count). The average molecular weight is 436 g/mol. The number of aryl methyl sites for hydroxylation is 1. The van der Waals surface area contributed by atoms with Gasteiger partial charge in [0.1, 0.15) is 0 Å². The van der Waals surface area contributed by atoms with Crippen molar-refractivity contribution in [1.29, 1.82) is 0 Å². The zero-order valence-corrected chi connectivity index (χ0v) is 18.8. The van der Waals surface area contributed by atoms with Crippen LogP contribution in [0.4, 0.5) is 0 Å². The molecule has 1 N–H and O–H groups in total. The average Bonchev–Trinajstić information content (AvgIpc) is 3.18. The van der Waals surface area contributed by atoms with Crippen molar-refractivity contribution in [3.63, 3.8) is 0 Å². The van der Waals surface area contributed by atoms with Crippen LogP contribution in [-0.4, -0.2) is 41.3 Å². The highest BCUT2D eigenvalue weighted by Gasteiger charge is 2.29. The Morgan fingerprint density at radius 1 is 1.16 bits per heavy atom. The van der Waals surface area contributed by atoms with E-state index < -0.39 is 0 Å². The standard InChI is InChI=1S/C25H29N3O2S/c1-26-25(30)24-21(20-12-2-3-13-22(20)31-24)17-19-11-5-7-16-28(19)23(29)14-8-10-18-9-4-6-15-27-18/h2-4,6,9,12-13,15,19H,5,7-8,10-11,14,16-17H2,1H3,(H,26,30)/t19-/m1/s1. The predicted molar refractivity (Wildman–Crippen MR) is 125 cm³/mol. The molecular weight excluding hydrogens is 406 g/mol. The van der Waals surface area contributed by atoms with E-state index in [2.05, 4.69) is 27.3 Å². The van der Waals surface area contributed by atoms with Crippen molar-refractivity contribution >= 4 is 33.2 Å². The van der Waals surface area contributed by atoms with Crippen LogP contribution in [0, 0.1) is 0 Å². The van der Waals surface area contributed by atoms with Crippen molar-refractivity contribution < 1.29 is 9.59 Å². The molecule has 31 heavy (non-hydrogen) atoms. The maximum atomic E-state index is 13.1. The molecule has 0 spiro atoms. The van der Waals surface area contributed by atoms with Gasteiger partial charge in [-0.15, -0.1) is 11.3 Å². The SMILES string of the molecule is CNC(=O)c1sc2ccccc2c1C[C@H]1CCCCN1C(=O)CCCc1ccccn1. The number of nitrogens with one attached hydrogen (secondary N) is 1. The summed E-state index contributed by atoms with van der Waals surface area (Å²) < 4.78 is 1.13. The third-order valence-electron chi connectivity index (χ3n) is 6.07. The van der Waals surface area contributed by atoms with Crippen LogP contribution in [0.15, 0.2) is 48.7 Å². The summed E-state index contributed by atoms with van der Waals surface area (Å²) in [6, 6.07) is 14.2. The lowest BCUT2D eigenvalue weighted by Crippen LogP contribution is -2.45. The summed E-state index contributed by atoms with van der Waals surface area (Å²) in [5.74, 6) is 0.182. The highest BCUT2D eigenvalue weighted by molar-refractivity contribution is 7.21. The van der Waals surface area contributed by atoms with Gasteiger partial charge in [0.2, 0.25) is 5.91 Å². The van der Waals surface area contributed by atoms with Crippen LogP contribution < -0.4 is 5.32 Å². The number of benzene rings is 1. The second-order valence-corrected chi connectivity index (χ2v) is 9.15. The summed E-state index contributed by atoms with van der Waals surface area (Å²) in [6.45, 7) is 0.810. The molecule has 1 aliphatic rings. The van der Waals surface area contributed by atoms with E-state index in [9.17, 15) is 9.59 Å². The van der Waals surface area contributed by atoms with Gasteiger partial charge in [-0.2, -0.15) is 0 Å². The Morgan fingerprint density at radius 3 is 2.81 bits per heavy atom. The van der Waals surface area contributed by atoms with Crippen molar-refractivity contribution in [1.82, 2.24) is 15.2 Å². The summed E-state index contributed by atoms with van der Waals surface area (Å²) in [4.78, 5) is 32.8. The molecule has 2 amide bonds. The van der Waals surface area contributed by atoms with E-state index >= 15 is 0 Å². The van der Waals surface area contributed by atoms with Crippen LogP contribution in [0.3, 0.4) is 0 Å². The van der Waals surface area contributed by atoms with Crippen LogP contribution in [-0.2, 0) is 17.6 Å². The first kappa shape index (κ1) is 21.5. The summed E-state index contributed by atoms with van der Waals surface area (Å²) in [6.07, 6.45) is 7.87. The molecule has 3 aromatic rings. The Balaban J connectivity index is 1.49. The molecule has 1 aliphatic heterocycles. The molecule has 2 aromatic heterocycles. The van der Waals surface area contributed by atoms with Gasteiger partial charge in [0, 0.05) is 42.6 Å². The minimum atomic E-state index is -0.0414. The number of likely N-dealkylation sites (tertiary alicyclic amines) is 1. The summed E-state index contributed by atoms with van der Waals surface area (Å²) in [5.41, 5.74) is 2.11. The number of nitrogens with zero attached hydrogens (tertiary/aromatic N) is 2. The molecule has 0 radical (unpaired) electrons. The molecular formula is C25H29N3O2S. The number of carbonyl (C=O) groups excluding carboxylic acids is 2. The third-order valence-corrected chi connectivity index (χ3v) is 7.28. The normalized spacial score (nSPS) is 16.4. The van der Waals surface area contributed by atoms with Gasteiger partial charge < -0.3 is 10.2 Å². The zero-order valence-electron chi connectivity index (χ0n) is 18.0. The number of fused-ring (bicyclic) bond motifs is 1. The van der Waals surface area contributed by atoms with Gasteiger partial charge in [0.25, 0.3) is 5.91 Å². The van der Waals surface area contributed by atoms with Crippen LogP contribution in [0.2, 0.25) is 0 Å². The molecule has 1 saturated heterocycles. The second kappa shape index (κ2) is 10.1. The van der Waals surface area contributed by atoms with Crippen molar-refractivity contribution in [3.8, 4) is 0 Å². The largest absolute Gasteiger partial charge is 0.354 e. The molecule has 1 fully saturated rings. The lowest BCUT2D eigenvalue weighted by Gasteiger charge is -2.36. The van der Waals surface area contributed by atoms with E-state index in [1.165, 1.54) is 0 Å². The quantitative estimate of drug-likeness (QED) is 0.590. The molecule has 1 atom stereocenters. The topological polar surface area (TPSA) is 62.3 Å². The number of aromatic nitrogens is 1. The van der Waals surface area contributed by atoms with Gasteiger partial charge in [-0.3, -0.25) is 14.6 Å². The summed E-state index contributed by atoms with van der Waals surface area (Å²) >= 11 is 1.54. The van der Waals surface area contributed by atoms with Crippen LogP contribution in [0.1, 0.15) is 53.0 Å². The Kier molecular flexibility index (Phi) is 6.97. The second-order valence-electron chi connectivity index (χ2n) is 8.10. The van der Waals surface area contributed by atoms with Gasteiger partial charge >= 0.3 is 0 Å². The van der Waals surface area contributed by atoms with E-state index in [-0.39, 0.29) is 17.9 Å². The van der Waals surface area contributed by atoms with E-state index in [1.54, 1.807) is 24.6 Å². The highest BCUT2D eigenvalue weighted by atomic mass is 32.1. The fourth-order valence-corrected chi connectivity index (χ4v) is 5.66. The third kappa shape index (κ3) is 4.96. The Bertz CT molecular complexity index is 1050. The van der Waals surface area contributed by atoms with Crippen LogP contribution in [0.25, 0.3) is 10.1 Å². The fraction of sp³-hybridized carbons (Fsp3) is 0.400. The van der Waals surface area contributed by atoms with Gasteiger partial charge in [-0.1, -0.05) is 24.3 Å². The first-order valence-corrected chi connectivity index (χ1v) is 11.9. The summed E-state index contributed by atoms with van der Waals surface area (Å²) in [5, 5.41) is 3.92. The lowest BCUT2D eigenvalue weighted by molar-refractivity contribution is -0.134. The summed E-state index contributed by atoms with van der Waals surface area (Å²) in [7, 11) is 1.68. The Hall–Kier alpha value is -2.73. The molecule has 0 bridgehead atoms. The van der Waals surface area contributed by atoms with E-state index in [0.29, 0.717) is 6.42 Å². The number of hydrogen-bond acceptors (Lipinski definition) is 4. The monoisotopic (exact) mass is 435 g/mol. The molecule has 162 valence electrons. The minimum Gasteiger partial charge on any atom is -0.354 e. The predicted octanol–water partition coefficient (Wildman–Crippen LogP) is 4.60. The van der Waals surface area contributed by atoms with Gasteiger partial charge in [0.15, 0.2) is 0 Å². The molecule has 0 unspecified atom stereocenters. The van der Waals surface area contributed by atoms with E-state index in [0.717, 1.165) is 71.3 Å². The number of piperidine rings is 1. The fourth-order valence-electron chi connectivity index (χ4n) is 4.49. The number of amides is 2. The van der Waals surface area contributed by atoms with Gasteiger partial charge in [-0.25, -0.2) is 0 Å². The van der Waals surface area contributed by atoms with Gasteiger partial charge in [0.05, 0.1) is 4.88 Å². The van der Waals surface area contributed by atoms with Crippen molar-refractivity contribution in [2.24, 2.45) is 0 Å². The maximum Gasteiger partial charge on any atom is 0.261 e. The van der Waals surface area contributed by atoms with Crippen molar-refractivity contribution in [2.45, 2.75) is 51.0 Å². The molecule has 0 aliphatic carbocycles. The van der Waals surface area contributed by atoms with E-state index in [1.807, 2.05) is 30.3 Å². The molecule has 6 heteroatoms. The smallest absolute Gasteiger partial charge is 0.261 e. The molecule has 5 nitrogen and oxygen atoms in total. The van der Waals surface area contributed by atoms with Crippen molar-refractivity contribution in [3.05, 3.63) is 64.8 Å². The van der Waals surface area contributed by atoms with Crippen LogP contribution in [0.5, 0.6) is 0 Å². The first-order chi connectivity index (χ1) is 15.2. The molecule has 3 heterocycles. The number of rotatable bonds is 7. The molecule has 0 saturated carbocycles. The number of pyridine rings is 1. The van der Waals surface area contributed by atoms with Crippen LogP contribution >= 0.6 is 11.3 Å². The number of carbonyl (C=O) groups is 2. The lowest BCUT2D eigenvalue weighted by atomic mass is 9.93. The number of hydrogen-bond donors (Lipinski definition) is 1. The maximum absolute atomic E-state index is 13.1. The van der Waals surface area contributed by atoms with E-state index in [4.69, 9.17) is 0 Å². The first-order valence-electron chi connectivity index (χ1n) is 11.1. The number of thiophene rings is 1. The Morgan fingerprint density at radius 2 is 2.00 bits per heavy atom. The Labute approximate surface area is 187 Å². The highest BCUT2D eigenvalue weighted by Crippen LogP contribution is 2.34. The zero-order chi connectivity index (χ0) is 21.6. The molecule has 1 aromatic carbocycles. The van der Waals surface area contributed by atoms with Crippen molar-refractivity contribution in [2.75, 3.05) is 13.6 Å². The van der Waals surface area contributed by atoms with Gasteiger partial charge in [-0.05, 0) is 67.7 Å². The minimum absolute atomic E-state index is 0.0414.